The van der Waals surface area contributed by atoms with Crippen LogP contribution in [0.5, 0.6) is 5.75 Å². The van der Waals surface area contributed by atoms with Gasteiger partial charge in [-0.15, -0.1) is 0 Å². The van der Waals surface area contributed by atoms with E-state index in [0.29, 0.717) is 11.1 Å². The fraction of sp³-hybridized carbons (Fsp3) is 0.0455. The maximum atomic E-state index is 12.7. The van der Waals surface area contributed by atoms with Crippen LogP contribution in [-0.2, 0) is 0 Å². The Morgan fingerprint density at radius 2 is 1.69 bits per heavy atom. The predicted molar refractivity (Wildman–Crippen MR) is 106 cm³/mol. The number of rotatable bonds is 4. The third kappa shape index (κ3) is 3.07. The molecule has 4 aromatic rings. The zero-order chi connectivity index (χ0) is 17.9. The molecule has 0 aliphatic carbocycles. The molecule has 0 saturated heterocycles. The van der Waals surface area contributed by atoms with Gasteiger partial charge in [-0.2, -0.15) is 11.3 Å². The maximum Gasteiger partial charge on any atom is 0.252 e. The van der Waals surface area contributed by atoms with Crippen molar-refractivity contribution in [1.29, 1.82) is 0 Å². The van der Waals surface area contributed by atoms with E-state index in [0.717, 1.165) is 16.3 Å². The first kappa shape index (κ1) is 16.4. The smallest absolute Gasteiger partial charge is 0.252 e. The highest BCUT2D eigenvalue weighted by atomic mass is 32.1. The Kier molecular flexibility index (Phi) is 4.42. The van der Waals surface area contributed by atoms with Gasteiger partial charge in [-0.3, -0.25) is 4.79 Å². The third-order valence-electron chi connectivity index (χ3n) is 4.43. The van der Waals surface area contributed by atoms with E-state index in [4.69, 9.17) is 0 Å². The molecule has 0 aliphatic rings. The second kappa shape index (κ2) is 7.02. The quantitative estimate of drug-likeness (QED) is 0.531. The van der Waals surface area contributed by atoms with Gasteiger partial charge in [-0.1, -0.05) is 60.7 Å². The summed E-state index contributed by atoms with van der Waals surface area (Å²) in [6.45, 7) is 0. The van der Waals surface area contributed by atoms with Gasteiger partial charge in [0.1, 0.15) is 5.75 Å². The highest BCUT2D eigenvalue weighted by Crippen LogP contribution is 2.36. The van der Waals surface area contributed by atoms with Crippen LogP contribution in [0.2, 0.25) is 0 Å². The van der Waals surface area contributed by atoms with Crippen LogP contribution in [0.4, 0.5) is 0 Å². The van der Waals surface area contributed by atoms with E-state index in [1.54, 1.807) is 12.1 Å². The number of amides is 1. The van der Waals surface area contributed by atoms with Gasteiger partial charge in [0.15, 0.2) is 0 Å². The maximum absolute atomic E-state index is 12.7. The zero-order valence-corrected chi connectivity index (χ0v) is 14.7. The molecular weight excluding hydrogens is 342 g/mol. The number of phenols is 1. The highest BCUT2D eigenvalue weighted by Gasteiger charge is 2.23. The van der Waals surface area contributed by atoms with Crippen molar-refractivity contribution in [3.8, 4) is 5.75 Å². The molecule has 0 aliphatic heterocycles. The predicted octanol–water partition coefficient (Wildman–Crippen LogP) is 5.13. The van der Waals surface area contributed by atoms with Crippen molar-refractivity contribution in [2.24, 2.45) is 0 Å². The Balaban J connectivity index is 1.86. The lowest BCUT2D eigenvalue weighted by Crippen LogP contribution is -2.29. The molecule has 4 heteroatoms. The van der Waals surface area contributed by atoms with Gasteiger partial charge < -0.3 is 10.4 Å². The first-order valence-corrected chi connectivity index (χ1v) is 9.27. The lowest BCUT2D eigenvalue weighted by molar-refractivity contribution is 0.0943. The average Bonchev–Trinajstić information content (AvgIpc) is 3.22. The SMILES string of the molecule is O=C(NC(c1ccccc1)c1c(O)ccc2ccccc12)c1ccsc1. The molecule has 1 amide bonds. The Hall–Kier alpha value is -3.11. The first-order chi connectivity index (χ1) is 12.7. The number of nitrogens with one attached hydrogen (secondary N) is 1. The lowest BCUT2D eigenvalue weighted by atomic mass is 9.92. The van der Waals surface area contributed by atoms with Gasteiger partial charge in [0.05, 0.1) is 11.6 Å². The van der Waals surface area contributed by atoms with Crippen LogP contribution in [0.3, 0.4) is 0 Å². The molecule has 1 aromatic heterocycles. The zero-order valence-electron chi connectivity index (χ0n) is 13.9. The molecule has 26 heavy (non-hydrogen) atoms. The van der Waals surface area contributed by atoms with E-state index < -0.39 is 6.04 Å². The van der Waals surface area contributed by atoms with Crippen LogP contribution < -0.4 is 5.32 Å². The molecule has 2 N–H and O–H groups in total. The number of carbonyl (C=O) groups excluding carboxylic acids is 1. The van der Waals surface area contributed by atoms with E-state index in [9.17, 15) is 9.90 Å². The molecule has 1 unspecified atom stereocenters. The van der Waals surface area contributed by atoms with Gasteiger partial charge in [-0.25, -0.2) is 0 Å². The molecular formula is C22H17NO2S. The summed E-state index contributed by atoms with van der Waals surface area (Å²) in [5.74, 6) is 0.00982. The van der Waals surface area contributed by atoms with Gasteiger partial charge in [-0.05, 0) is 33.8 Å². The van der Waals surface area contributed by atoms with Crippen LogP contribution in [0.1, 0.15) is 27.5 Å². The third-order valence-corrected chi connectivity index (χ3v) is 5.11. The summed E-state index contributed by atoms with van der Waals surface area (Å²) in [5.41, 5.74) is 2.25. The summed E-state index contributed by atoms with van der Waals surface area (Å²) >= 11 is 1.48. The van der Waals surface area contributed by atoms with E-state index in [1.165, 1.54) is 11.3 Å². The number of carbonyl (C=O) groups is 1. The number of hydrogen-bond acceptors (Lipinski definition) is 3. The van der Waals surface area contributed by atoms with Crippen molar-refractivity contribution >= 4 is 28.0 Å². The normalized spacial score (nSPS) is 12.0. The summed E-state index contributed by atoms with van der Waals surface area (Å²) in [6.07, 6.45) is 0. The topological polar surface area (TPSA) is 49.3 Å². The number of hydrogen-bond donors (Lipinski definition) is 2. The first-order valence-electron chi connectivity index (χ1n) is 8.32. The van der Waals surface area contributed by atoms with Crippen molar-refractivity contribution in [3.05, 3.63) is 100 Å². The second-order valence-electron chi connectivity index (χ2n) is 6.05. The molecule has 0 fully saturated rings. The second-order valence-corrected chi connectivity index (χ2v) is 6.83. The Bertz CT molecular complexity index is 1040. The van der Waals surface area contributed by atoms with Gasteiger partial charge in [0, 0.05) is 10.9 Å². The van der Waals surface area contributed by atoms with Crippen molar-refractivity contribution < 1.29 is 9.90 Å². The monoisotopic (exact) mass is 359 g/mol. The summed E-state index contributed by atoms with van der Waals surface area (Å²) in [4.78, 5) is 12.7. The van der Waals surface area contributed by atoms with Crippen LogP contribution in [0.15, 0.2) is 83.6 Å². The largest absolute Gasteiger partial charge is 0.508 e. The number of thiophene rings is 1. The van der Waals surface area contributed by atoms with Crippen molar-refractivity contribution in [3.63, 3.8) is 0 Å². The minimum absolute atomic E-state index is 0.160. The molecule has 4 rings (SSSR count). The molecule has 0 radical (unpaired) electrons. The van der Waals surface area contributed by atoms with Crippen molar-refractivity contribution in [2.75, 3.05) is 0 Å². The molecule has 0 spiro atoms. The van der Waals surface area contributed by atoms with Crippen LogP contribution in [-0.4, -0.2) is 11.0 Å². The standard InChI is InChI=1S/C22H17NO2S/c24-19-11-10-15-6-4-5-9-18(15)20(19)21(16-7-2-1-3-8-16)23-22(25)17-12-13-26-14-17/h1-14,21,24H,(H,23,25). The van der Waals surface area contributed by atoms with Crippen molar-refractivity contribution in [1.82, 2.24) is 5.32 Å². The fourth-order valence-corrected chi connectivity index (χ4v) is 3.80. The summed E-state index contributed by atoms with van der Waals surface area (Å²) in [5, 5.41) is 19.4. The molecule has 3 nitrogen and oxygen atoms in total. The number of fused-ring (bicyclic) bond motifs is 1. The minimum atomic E-state index is -0.449. The number of aromatic hydroxyl groups is 1. The van der Waals surface area contributed by atoms with Crippen LogP contribution in [0.25, 0.3) is 10.8 Å². The van der Waals surface area contributed by atoms with Crippen LogP contribution >= 0.6 is 11.3 Å². The Morgan fingerprint density at radius 3 is 2.46 bits per heavy atom. The molecule has 0 bridgehead atoms. The molecule has 3 aromatic carbocycles. The van der Waals surface area contributed by atoms with Crippen molar-refractivity contribution in [2.45, 2.75) is 6.04 Å². The van der Waals surface area contributed by atoms with Crippen LogP contribution in [0, 0.1) is 0 Å². The van der Waals surface area contributed by atoms with Gasteiger partial charge in [0.25, 0.3) is 5.91 Å². The van der Waals surface area contributed by atoms with Gasteiger partial charge >= 0.3 is 0 Å². The van der Waals surface area contributed by atoms with E-state index >= 15 is 0 Å². The summed E-state index contributed by atoms with van der Waals surface area (Å²) in [7, 11) is 0. The van der Waals surface area contributed by atoms with E-state index in [2.05, 4.69) is 5.32 Å². The Morgan fingerprint density at radius 1 is 0.923 bits per heavy atom. The fourth-order valence-electron chi connectivity index (χ4n) is 3.16. The molecule has 1 heterocycles. The highest BCUT2D eigenvalue weighted by molar-refractivity contribution is 7.08. The van der Waals surface area contributed by atoms with E-state index in [-0.39, 0.29) is 11.7 Å². The van der Waals surface area contributed by atoms with E-state index in [1.807, 2.05) is 71.4 Å². The number of benzene rings is 3. The average molecular weight is 359 g/mol. The molecule has 1 atom stereocenters. The molecule has 0 saturated carbocycles. The Labute approximate surface area is 155 Å². The summed E-state index contributed by atoms with van der Waals surface area (Å²) in [6, 6.07) is 22.5. The number of phenolic OH excluding ortho intramolecular Hbond substituents is 1. The molecule has 128 valence electrons. The van der Waals surface area contributed by atoms with Gasteiger partial charge in [0.2, 0.25) is 0 Å². The summed E-state index contributed by atoms with van der Waals surface area (Å²) < 4.78 is 0. The minimum Gasteiger partial charge on any atom is -0.508 e. The lowest BCUT2D eigenvalue weighted by Gasteiger charge is -2.22.